The fraction of sp³-hybridized carbons (Fsp3) is 1.00. The van der Waals surface area contributed by atoms with Gasteiger partial charge in [-0.1, -0.05) is 0 Å². The summed E-state index contributed by atoms with van der Waals surface area (Å²) in [5, 5.41) is 0. The van der Waals surface area contributed by atoms with Gasteiger partial charge in [0.15, 0.2) is 0 Å². The van der Waals surface area contributed by atoms with Crippen molar-refractivity contribution in [2.24, 2.45) is 0 Å². The van der Waals surface area contributed by atoms with Gasteiger partial charge in [0.1, 0.15) is 0 Å². The highest BCUT2D eigenvalue weighted by Gasteiger charge is 2.25. The third-order valence-electron chi connectivity index (χ3n) is 1.15. The molecule has 0 rings (SSSR count). The topological polar surface area (TPSA) is 73.4 Å². The van der Waals surface area contributed by atoms with Crippen LogP contribution in [0.15, 0.2) is 0 Å². The summed E-state index contributed by atoms with van der Waals surface area (Å²) in [6.07, 6.45) is 0. The summed E-state index contributed by atoms with van der Waals surface area (Å²) in [5.74, 6) is 0. The summed E-state index contributed by atoms with van der Waals surface area (Å²) in [7, 11) is 5.82. The fourth-order valence-corrected chi connectivity index (χ4v) is 0.577. The van der Waals surface area contributed by atoms with Gasteiger partial charge in [0.25, 0.3) is 0 Å². The quantitative estimate of drug-likeness (QED) is 0.592. The van der Waals surface area contributed by atoms with E-state index in [2.05, 4.69) is 0 Å². The van der Waals surface area contributed by atoms with Crippen molar-refractivity contribution in [2.45, 2.75) is 0 Å². The van der Waals surface area contributed by atoms with Crippen LogP contribution in [0.3, 0.4) is 0 Å². The second-order valence-corrected chi connectivity index (χ2v) is 1.52. The number of hydrogen-bond donors (Lipinski definition) is 1. The first-order chi connectivity index (χ1) is 4.24. The third kappa shape index (κ3) is 2.63. The molecule has 10 heavy (non-hydrogen) atoms. The maximum Gasteiger partial charge on any atom is 0.530 e. The van der Waals surface area contributed by atoms with Gasteiger partial charge in [-0.25, -0.2) is 0 Å². The Morgan fingerprint density at radius 3 is 0.900 bits per heavy atom. The molecule has 5 nitrogen and oxygen atoms in total. The van der Waals surface area contributed by atoms with Crippen molar-refractivity contribution in [3.05, 3.63) is 0 Å². The molecule has 0 aromatic carbocycles. The minimum Gasteiger partial charge on any atom is -0.521 e. The molecule has 0 amide bonds. The van der Waals surface area contributed by atoms with Crippen LogP contribution in [0, 0.1) is 0 Å². The van der Waals surface area contributed by atoms with E-state index in [0.717, 1.165) is 0 Å². The van der Waals surface area contributed by atoms with Crippen molar-refractivity contribution in [3.63, 3.8) is 0 Å². The van der Waals surface area contributed by atoms with Crippen LogP contribution in [0.1, 0.15) is 0 Å². The smallest absolute Gasteiger partial charge is 0.521 e. The highest BCUT2D eigenvalue weighted by molar-refractivity contribution is 6.53. The minimum atomic E-state index is -1.94. The van der Waals surface area contributed by atoms with E-state index in [-0.39, 0.29) is 6.15 Å². The summed E-state index contributed by atoms with van der Waals surface area (Å²) in [4.78, 5) is 0. The highest BCUT2D eigenvalue weighted by atomic mass is 16.9. The molecule has 64 valence electrons. The Balaban J connectivity index is 0. The van der Waals surface area contributed by atoms with E-state index in [1.807, 2.05) is 0 Å². The van der Waals surface area contributed by atoms with E-state index in [1.165, 1.54) is 28.4 Å². The van der Waals surface area contributed by atoms with Crippen LogP contribution >= 0.6 is 0 Å². The Morgan fingerprint density at radius 1 is 0.700 bits per heavy atom. The minimum absolute atomic E-state index is 0. The molecule has 0 fully saturated rings. The number of quaternary nitrogens is 1. The monoisotopic (exact) mass is 153 g/mol. The Kier molecular flexibility index (Phi) is 7.06. The summed E-state index contributed by atoms with van der Waals surface area (Å²) in [5.41, 5.74) is 0. The predicted molar refractivity (Wildman–Crippen MR) is 39.8 cm³/mol. The predicted octanol–water partition coefficient (Wildman–Crippen LogP) is 0.384. The Morgan fingerprint density at radius 2 is 0.900 bits per heavy atom. The molecule has 0 bridgehead atoms. The van der Waals surface area contributed by atoms with E-state index in [9.17, 15) is 0 Å². The van der Waals surface area contributed by atoms with E-state index >= 15 is 0 Å². The normalized spacial score (nSPS) is 10.8. The zero-order valence-corrected chi connectivity index (χ0v) is 7.21. The van der Waals surface area contributed by atoms with Gasteiger partial charge in [0.05, 0.1) is 0 Å². The van der Waals surface area contributed by atoms with Crippen molar-refractivity contribution in [3.8, 4) is 0 Å². The lowest BCUT2D eigenvalue weighted by Gasteiger charge is -2.34. The van der Waals surface area contributed by atoms with Gasteiger partial charge < -0.3 is 24.8 Å². The van der Waals surface area contributed by atoms with Gasteiger partial charge in [-0.15, -0.1) is 0 Å². The molecule has 4 N–H and O–H groups in total. The molecule has 0 spiro atoms. The molecular weight excluding hydrogens is 137 g/mol. The molecule has 0 radical (unpaired) electrons. The molecule has 0 saturated carbocycles. The molecule has 0 aliphatic carbocycles. The molecule has 0 aliphatic heterocycles. The number of rotatable bonds is 4. The standard InChI is InChI=1S/C4H12BO4.H3N/c1-6-5(7-2,8-3)9-4;/h1-4H3;1H3/q-1;/p+1. The molecule has 0 heterocycles. The van der Waals surface area contributed by atoms with Gasteiger partial charge in [-0.05, 0) is 28.4 Å². The largest absolute Gasteiger partial charge is 0.530 e. The van der Waals surface area contributed by atoms with Crippen molar-refractivity contribution in [1.82, 2.24) is 6.15 Å². The molecule has 0 saturated heterocycles. The van der Waals surface area contributed by atoms with Crippen molar-refractivity contribution in [1.29, 1.82) is 0 Å². The van der Waals surface area contributed by atoms with Crippen LogP contribution in [0.2, 0.25) is 0 Å². The molecular formula is C4H16BNO4. The van der Waals surface area contributed by atoms with Gasteiger partial charge in [-0.3, -0.25) is 0 Å². The first-order valence-corrected chi connectivity index (χ1v) is 2.58. The summed E-state index contributed by atoms with van der Waals surface area (Å²) >= 11 is 0. The first kappa shape index (κ1) is 12.5. The maximum absolute atomic E-state index is 4.78. The maximum atomic E-state index is 4.78. The Bertz CT molecular complexity index is 60.1. The van der Waals surface area contributed by atoms with Gasteiger partial charge in [-0.2, -0.15) is 0 Å². The van der Waals surface area contributed by atoms with Crippen LogP contribution < -0.4 is 6.15 Å². The second-order valence-electron chi connectivity index (χ2n) is 1.52. The summed E-state index contributed by atoms with van der Waals surface area (Å²) < 4.78 is 19.1. The second kappa shape index (κ2) is 5.63. The van der Waals surface area contributed by atoms with Gasteiger partial charge in [0.2, 0.25) is 0 Å². The zero-order valence-electron chi connectivity index (χ0n) is 7.21. The van der Waals surface area contributed by atoms with E-state index in [1.54, 1.807) is 0 Å². The first-order valence-electron chi connectivity index (χ1n) is 2.58. The lowest BCUT2D eigenvalue weighted by atomic mass is 10.1. The molecule has 0 aromatic rings. The van der Waals surface area contributed by atoms with Crippen LogP contribution in [0.5, 0.6) is 0 Å². The summed E-state index contributed by atoms with van der Waals surface area (Å²) in [6.45, 7) is -1.94. The van der Waals surface area contributed by atoms with Crippen LogP contribution in [0.4, 0.5) is 0 Å². The molecule has 6 heteroatoms. The SMILES string of the molecule is CO[B-](OC)(OC)OC.[NH4+]. The van der Waals surface area contributed by atoms with E-state index in [4.69, 9.17) is 18.6 Å². The Labute approximate surface area is 61.2 Å². The lowest BCUT2D eigenvalue weighted by molar-refractivity contribution is 0.0226. The van der Waals surface area contributed by atoms with Crippen LogP contribution in [-0.2, 0) is 18.6 Å². The molecule has 0 atom stereocenters. The van der Waals surface area contributed by atoms with Crippen molar-refractivity contribution >= 4 is 6.96 Å². The highest BCUT2D eigenvalue weighted by Crippen LogP contribution is 2.04. The van der Waals surface area contributed by atoms with Crippen LogP contribution in [-0.4, -0.2) is 35.4 Å². The van der Waals surface area contributed by atoms with E-state index < -0.39 is 6.96 Å². The summed E-state index contributed by atoms with van der Waals surface area (Å²) in [6, 6.07) is 0. The Hall–Kier alpha value is -0.135. The average Bonchev–Trinajstić information content (AvgIpc) is 1.95. The zero-order chi connectivity index (χ0) is 7.33. The molecule has 0 aliphatic rings. The van der Waals surface area contributed by atoms with E-state index in [0.29, 0.717) is 0 Å². The van der Waals surface area contributed by atoms with Crippen molar-refractivity contribution in [2.75, 3.05) is 28.4 Å². The van der Waals surface area contributed by atoms with Crippen LogP contribution in [0.25, 0.3) is 0 Å². The fourth-order valence-electron chi connectivity index (χ4n) is 0.577. The third-order valence-corrected chi connectivity index (χ3v) is 1.15. The average molecular weight is 153 g/mol. The molecule has 0 unspecified atom stereocenters. The lowest BCUT2D eigenvalue weighted by Crippen LogP contribution is -2.45. The number of hydrogen-bond acceptors (Lipinski definition) is 4. The van der Waals surface area contributed by atoms with Crippen molar-refractivity contribution < 1.29 is 18.6 Å². The van der Waals surface area contributed by atoms with Gasteiger partial charge >= 0.3 is 6.96 Å². The van der Waals surface area contributed by atoms with Gasteiger partial charge in [0, 0.05) is 0 Å². The molecule has 0 aromatic heterocycles.